The van der Waals surface area contributed by atoms with Gasteiger partial charge in [0.05, 0.1) is 6.20 Å². The molecule has 0 aliphatic carbocycles. The zero-order valence-corrected chi connectivity index (χ0v) is 14.1. The van der Waals surface area contributed by atoms with E-state index in [-0.39, 0.29) is 18.0 Å². The van der Waals surface area contributed by atoms with Gasteiger partial charge in [0, 0.05) is 43.5 Å². The molecule has 2 saturated heterocycles. The van der Waals surface area contributed by atoms with Crippen molar-refractivity contribution >= 4 is 17.9 Å². The first-order valence-corrected chi connectivity index (χ1v) is 8.12. The second kappa shape index (κ2) is 6.63. The monoisotopic (exact) mass is 338 g/mol. The van der Waals surface area contributed by atoms with Crippen LogP contribution in [0.3, 0.4) is 0 Å². The summed E-state index contributed by atoms with van der Waals surface area (Å²) in [5.41, 5.74) is 1.62. The van der Waals surface area contributed by atoms with Gasteiger partial charge < -0.3 is 15.0 Å². The number of aromatic nitrogens is 3. The topological polar surface area (TPSA) is 71.4 Å². The minimum atomic E-state index is -0.0394. The third-order valence-electron chi connectivity index (χ3n) is 5.09. The number of hydrogen-bond donors (Lipinski definition) is 2. The van der Waals surface area contributed by atoms with Crippen LogP contribution in [0.1, 0.15) is 43.1 Å². The van der Waals surface area contributed by atoms with Gasteiger partial charge >= 0.3 is 0 Å². The lowest BCUT2D eigenvalue weighted by Crippen LogP contribution is -2.20. The van der Waals surface area contributed by atoms with Crippen LogP contribution in [0.15, 0.2) is 17.2 Å². The van der Waals surface area contributed by atoms with Gasteiger partial charge in [-0.3, -0.25) is 9.20 Å². The summed E-state index contributed by atoms with van der Waals surface area (Å²) >= 11 is 0. The fraction of sp³-hybridized carbons (Fsp3) is 0.625. The second-order valence-electron chi connectivity index (χ2n) is 6.54. The summed E-state index contributed by atoms with van der Waals surface area (Å²) < 4.78 is 7.45. The zero-order chi connectivity index (χ0) is 15.1. The number of H-pyrrole nitrogens is 1. The predicted octanol–water partition coefficient (Wildman–Crippen LogP) is 1.66. The molecular weight excluding hydrogens is 316 g/mol. The van der Waals surface area contributed by atoms with Crippen LogP contribution < -0.4 is 10.9 Å². The fourth-order valence-electron chi connectivity index (χ4n) is 3.72. The molecule has 23 heavy (non-hydrogen) atoms. The van der Waals surface area contributed by atoms with E-state index in [9.17, 15) is 4.79 Å². The summed E-state index contributed by atoms with van der Waals surface area (Å²) in [6, 6.07) is 0. The lowest BCUT2D eigenvalue weighted by atomic mass is 9.95. The smallest absolute Gasteiger partial charge is 0.274 e. The molecule has 2 atom stereocenters. The van der Waals surface area contributed by atoms with Crippen molar-refractivity contribution in [3.63, 3.8) is 0 Å². The lowest BCUT2D eigenvalue weighted by molar-refractivity contribution is 0.0835. The number of fused-ring (bicyclic) bond motifs is 1. The Morgan fingerprint density at radius 1 is 1.30 bits per heavy atom. The summed E-state index contributed by atoms with van der Waals surface area (Å²) in [7, 11) is 0. The first-order chi connectivity index (χ1) is 10.7. The fourth-order valence-corrected chi connectivity index (χ4v) is 3.72. The molecular formula is C16H23ClN4O2. The van der Waals surface area contributed by atoms with Crippen molar-refractivity contribution in [3.05, 3.63) is 34.3 Å². The number of ether oxygens (including phenoxy) is 1. The number of hydrogen-bond acceptors (Lipinski definition) is 4. The third kappa shape index (κ3) is 2.91. The molecule has 2 aliphatic heterocycles. The van der Waals surface area contributed by atoms with Crippen molar-refractivity contribution in [2.45, 2.75) is 31.6 Å². The molecule has 0 saturated carbocycles. The molecule has 2 aromatic heterocycles. The second-order valence-corrected chi connectivity index (χ2v) is 6.54. The molecule has 0 radical (unpaired) electrons. The molecule has 2 aliphatic rings. The highest BCUT2D eigenvalue weighted by Gasteiger charge is 2.27. The van der Waals surface area contributed by atoms with Gasteiger partial charge in [-0.15, -0.1) is 12.4 Å². The highest BCUT2D eigenvalue weighted by atomic mass is 35.5. The van der Waals surface area contributed by atoms with E-state index >= 15 is 0 Å². The van der Waals surface area contributed by atoms with E-state index in [1.165, 1.54) is 0 Å². The molecule has 126 valence electrons. The van der Waals surface area contributed by atoms with Crippen molar-refractivity contribution in [3.8, 4) is 0 Å². The van der Waals surface area contributed by atoms with E-state index in [1.54, 1.807) is 6.20 Å². The van der Waals surface area contributed by atoms with Crippen LogP contribution in [0.2, 0.25) is 0 Å². The standard InChI is InChI=1S/C16H22N4O2.ClH/c1-10-6-17-7-12(10)13-9-20-14(16(21)19-13)8-18-15(20)11-2-4-22-5-3-11;/h8-12,17H,2-7H2,1H3,(H,19,21);1H. The van der Waals surface area contributed by atoms with Crippen LogP contribution in [0.4, 0.5) is 0 Å². The minimum absolute atomic E-state index is 0. The highest BCUT2D eigenvalue weighted by Crippen LogP contribution is 2.28. The maximum Gasteiger partial charge on any atom is 0.274 e. The minimum Gasteiger partial charge on any atom is -0.381 e. The summed E-state index contributed by atoms with van der Waals surface area (Å²) in [6.07, 6.45) is 5.73. The van der Waals surface area contributed by atoms with Gasteiger partial charge in [0.15, 0.2) is 0 Å². The molecule has 2 aromatic rings. The van der Waals surface area contributed by atoms with Crippen LogP contribution in [0.5, 0.6) is 0 Å². The lowest BCUT2D eigenvalue weighted by Gasteiger charge is -2.21. The Hall–Kier alpha value is -1.37. The average Bonchev–Trinajstić information content (AvgIpc) is 3.14. The summed E-state index contributed by atoms with van der Waals surface area (Å²) in [6.45, 7) is 5.70. The Morgan fingerprint density at radius 3 is 2.78 bits per heavy atom. The Balaban J connectivity index is 0.00000156. The number of halogens is 1. The molecule has 0 bridgehead atoms. The van der Waals surface area contributed by atoms with Gasteiger partial charge in [0.1, 0.15) is 11.3 Å². The maximum atomic E-state index is 12.4. The van der Waals surface area contributed by atoms with Crippen molar-refractivity contribution < 1.29 is 4.74 Å². The molecule has 2 fully saturated rings. The summed E-state index contributed by atoms with van der Waals surface area (Å²) in [5.74, 6) is 2.28. The molecule has 0 aromatic carbocycles. The van der Waals surface area contributed by atoms with Gasteiger partial charge in [0.2, 0.25) is 0 Å². The van der Waals surface area contributed by atoms with Crippen LogP contribution in [-0.4, -0.2) is 40.7 Å². The maximum absolute atomic E-state index is 12.4. The Labute approximate surface area is 141 Å². The number of imidazole rings is 1. The normalized spacial score (nSPS) is 25.6. The Kier molecular flexibility index (Phi) is 4.75. The van der Waals surface area contributed by atoms with Crippen molar-refractivity contribution in [2.75, 3.05) is 26.3 Å². The van der Waals surface area contributed by atoms with Gasteiger partial charge in [-0.1, -0.05) is 6.92 Å². The molecule has 0 spiro atoms. The molecule has 2 N–H and O–H groups in total. The van der Waals surface area contributed by atoms with Crippen LogP contribution in [0.25, 0.3) is 5.52 Å². The summed E-state index contributed by atoms with van der Waals surface area (Å²) in [4.78, 5) is 20.0. The van der Waals surface area contributed by atoms with Crippen molar-refractivity contribution in [1.29, 1.82) is 0 Å². The highest BCUT2D eigenvalue weighted by molar-refractivity contribution is 5.85. The number of rotatable bonds is 2. The molecule has 2 unspecified atom stereocenters. The van der Waals surface area contributed by atoms with Crippen molar-refractivity contribution in [1.82, 2.24) is 19.7 Å². The van der Waals surface area contributed by atoms with E-state index in [4.69, 9.17) is 4.74 Å². The van der Waals surface area contributed by atoms with Crippen molar-refractivity contribution in [2.24, 2.45) is 5.92 Å². The van der Waals surface area contributed by atoms with Crippen LogP contribution in [0, 0.1) is 5.92 Å². The first kappa shape index (κ1) is 16.5. The third-order valence-corrected chi connectivity index (χ3v) is 5.09. The quantitative estimate of drug-likeness (QED) is 0.873. The van der Waals surface area contributed by atoms with E-state index in [2.05, 4.69) is 28.4 Å². The number of aromatic amines is 1. The molecule has 6 nitrogen and oxygen atoms in total. The van der Waals surface area contributed by atoms with E-state index in [0.29, 0.717) is 23.3 Å². The van der Waals surface area contributed by atoms with Gasteiger partial charge in [-0.05, 0) is 25.3 Å². The average molecular weight is 339 g/mol. The number of nitrogens with zero attached hydrogens (tertiary/aromatic N) is 2. The van der Waals surface area contributed by atoms with E-state index < -0.39 is 0 Å². The van der Waals surface area contributed by atoms with E-state index in [0.717, 1.165) is 50.7 Å². The Morgan fingerprint density at radius 2 is 2.09 bits per heavy atom. The largest absolute Gasteiger partial charge is 0.381 e. The van der Waals surface area contributed by atoms with Gasteiger partial charge in [0.25, 0.3) is 5.56 Å². The van der Waals surface area contributed by atoms with E-state index in [1.807, 2.05) is 4.40 Å². The molecule has 4 rings (SSSR count). The van der Waals surface area contributed by atoms with Gasteiger partial charge in [-0.2, -0.15) is 0 Å². The SMILES string of the molecule is CC1CNCC1c1cn2c(C3CCOCC3)ncc2c(=O)[nH]1.Cl. The first-order valence-electron chi connectivity index (χ1n) is 8.12. The molecule has 0 amide bonds. The van der Waals surface area contributed by atoms with Crippen LogP contribution in [-0.2, 0) is 4.74 Å². The Bertz CT molecular complexity index is 735. The number of nitrogens with one attached hydrogen (secondary N) is 2. The zero-order valence-electron chi connectivity index (χ0n) is 13.2. The van der Waals surface area contributed by atoms with Crippen LogP contribution >= 0.6 is 12.4 Å². The predicted molar refractivity (Wildman–Crippen MR) is 90.6 cm³/mol. The van der Waals surface area contributed by atoms with Gasteiger partial charge in [-0.25, -0.2) is 4.98 Å². The molecule has 4 heterocycles. The summed E-state index contributed by atoms with van der Waals surface area (Å²) in [5, 5.41) is 3.40. The molecule has 7 heteroatoms.